The van der Waals surface area contributed by atoms with Crippen LogP contribution in [0.1, 0.15) is 39.3 Å². The van der Waals surface area contributed by atoms with E-state index in [9.17, 15) is 9.59 Å². The standard InChI is InChI=1S/C19H24N4O2S.2ClH/c1-20-8-2-14-5-11-23(12-6-14)19(25)17-16(7-13-26-17)22-18(24)15-3-9-21-10-4-15;;/h3-4,7,9-10,13-14,20H,2,5-6,8,11-12H2,1H3,(H,22,24);2*1H. The molecular formula is C19H26Cl2N4O2S. The van der Waals surface area contributed by atoms with E-state index in [1.54, 1.807) is 30.6 Å². The summed E-state index contributed by atoms with van der Waals surface area (Å²) in [6.07, 6.45) is 6.39. The molecule has 2 aromatic rings. The molecule has 1 fully saturated rings. The maximum atomic E-state index is 12.9. The van der Waals surface area contributed by atoms with Crippen molar-refractivity contribution >= 4 is 53.7 Å². The predicted octanol–water partition coefficient (Wildman–Crippen LogP) is 3.70. The first-order valence-electron chi connectivity index (χ1n) is 8.91. The average molecular weight is 445 g/mol. The molecule has 9 heteroatoms. The minimum Gasteiger partial charge on any atom is -0.338 e. The Morgan fingerprint density at radius 3 is 2.50 bits per heavy atom. The van der Waals surface area contributed by atoms with Gasteiger partial charge in [0.05, 0.1) is 5.69 Å². The molecule has 1 aliphatic rings. The van der Waals surface area contributed by atoms with E-state index in [0.29, 0.717) is 22.0 Å². The molecule has 0 aliphatic carbocycles. The zero-order valence-electron chi connectivity index (χ0n) is 15.7. The molecule has 1 saturated heterocycles. The molecule has 2 aromatic heterocycles. The van der Waals surface area contributed by atoms with Gasteiger partial charge in [0.1, 0.15) is 4.88 Å². The van der Waals surface area contributed by atoms with Gasteiger partial charge in [-0.15, -0.1) is 36.2 Å². The van der Waals surface area contributed by atoms with E-state index < -0.39 is 0 Å². The van der Waals surface area contributed by atoms with Crippen LogP contribution >= 0.6 is 36.2 Å². The number of aromatic nitrogens is 1. The van der Waals surface area contributed by atoms with Gasteiger partial charge in [0, 0.05) is 31.0 Å². The van der Waals surface area contributed by atoms with Crippen LogP contribution in [0.5, 0.6) is 0 Å². The van der Waals surface area contributed by atoms with Gasteiger partial charge in [-0.3, -0.25) is 14.6 Å². The fourth-order valence-corrected chi connectivity index (χ4v) is 4.00. The third-order valence-electron chi connectivity index (χ3n) is 4.75. The van der Waals surface area contributed by atoms with Gasteiger partial charge in [-0.1, -0.05) is 0 Å². The molecule has 1 aliphatic heterocycles. The first-order chi connectivity index (χ1) is 12.7. The topological polar surface area (TPSA) is 74.3 Å². The number of carbonyl (C=O) groups is 2. The number of halogens is 2. The van der Waals surface area contributed by atoms with Gasteiger partial charge in [0.2, 0.25) is 0 Å². The Balaban J connectivity index is 0.00000196. The van der Waals surface area contributed by atoms with E-state index in [4.69, 9.17) is 0 Å². The molecule has 0 bridgehead atoms. The van der Waals surface area contributed by atoms with Crippen LogP contribution in [0.3, 0.4) is 0 Å². The van der Waals surface area contributed by atoms with Crippen molar-refractivity contribution in [1.29, 1.82) is 0 Å². The Morgan fingerprint density at radius 2 is 1.86 bits per heavy atom. The fourth-order valence-electron chi connectivity index (χ4n) is 3.19. The number of nitrogens with one attached hydrogen (secondary N) is 2. The minimum atomic E-state index is -0.231. The molecule has 0 spiro atoms. The molecule has 0 saturated carbocycles. The Morgan fingerprint density at radius 1 is 1.18 bits per heavy atom. The average Bonchev–Trinajstić information content (AvgIpc) is 3.15. The summed E-state index contributed by atoms with van der Waals surface area (Å²) < 4.78 is 0. The molecule has 0 aromatic carbocycles. The minimum absolute atomic E-state index is 0. The zero-order valence-corrected chi connectivity index (χ0v) is 18.2. The van der Waals surface area contributed by atoms with E-state index in [1.165, 1.54) is 11.3 Å². The monoisotopic (exact) mass is 444 g/mol. The lowest BCUT2D eigenvalue weighted by Crippen LogP contribution is -2.39. The molecule has 2 N–H and O–H groups in total. The van der Waals surface area contributed by atoms with Crippen molar-refractivity contribution in [3.8, 4) is 0 Å². The lowest BCUT2D eigenvalue weighted by molar-refractivity contribution is 0.0693. The van der Waals surface area contributed by atoms with Gasteiger partial charge in [-0.2, -0.15) is 0 Å². The van der Waals surface area contributed by atoms with Crippen LogP contribution in [0.25, 0.3) is 0 Å². The number of anilines is 1. The van der Waals surface area contributed by atoms with Crippen molar-refractivity contribution in [3.63, 3.8) is 0 Å². The quantitative estimate of drug-likeness (QED) is 0.711. The summed E-state index contributed by atoms with van der Waals surface area (Å²) >= 11 is 1.37. The second-order valence-corrected chi connectivity index (χ2v) is 7.40. The van der Waals surface area contributed by atoms with Crippen LogP contribution in [0.4, 0.5) is 5.69 Å². The van der Waals surface area contributed by atoms with Crippen LogP contribution in [0.15, 0.2) is 36.0 Å². The summed E-state index contributed by atoms with van der Waals surface area (Å²) in [5.74, 6) is 0.461. The van der Waals surface area contributed by atoms with Gasteiger partial charge in [-0.05, 0) is 62.4 Å². The van der Waals surface area contributed by atoms with E-state index in [0.717, 1.165) is 38.9 Å². The molecule has 28 heavy (non-hydrogen) atoms. The SMILES string of the molecule is CNCCC1CCN(C(=O)c2sccc2NC(=O)c2ccncc2)CC1.Cl.Cl. The number of pyridine rings is 1. The van der Waals surface area contributed by atoms with E-state index >= 15 is 0 Å². The number of likely N-dealkylation sites (tertiary alicyclic amines) is 1. The lowest BCUT2D eigenvalue weighted by Gasteiger charge is -2.32. The van der Waals surface area contributed by atoms with Gasteiger partial charge in [0.25, 0.3) is 11.8 Å². The maximum Gasteiger partial charge on any atom is 0.266 e. The highest BCUT2D eigenvalue weighted by atomic mass is 35.5. The first kappa shape index (κ1) is 24.4. The number of hydrogen-bond donors (Lipinski definition) is 2. The lowest BCUT2D eigenvalue weighted by atomic mass is 9.93. The second-order valence-electron chi connectivity index (χ2n) is 6.48. The number of thiophene rings is 1. The van der Waals surface area contributed by atoms with Crippen LogP contribution < -0.4 is 10.6 Å². The highest BCUT2D eigenvalue weighted by Gasteiger charge is 2.26. The third-order valence-corrected chi connectivity index (χ3v) is 5.66. The van der Waals surface area contributed by atoms with Gasteiger partial charge < -0.3 is 15.5 Å². The Bertz CT molecular complexity index is 749. The van der Waals surface area contributed by atoms with E-state index in [2.05, 4.69) is 15.6 Å². The van der Waals surface area contributed by atoms with Gasteiger partial charge >= 0.3 is 0 Å². The summed E-state index contributed by atoms with van der Waals surface area (Å²) in [5.41, 5.74) is 1.11. The highest BCUT2D eigenvalue weighted by molar-refractivity contribution is 7.12. The Hall–Kier alpha value is -1.67. The number of hydrogen-bond acceptors (Lipinski definition) is 5. The molecular weight excluding hydrogens is 419 g/mol. The van der Waals surface area contributed by atoms with Crippen molar-refractivity contribution < 1.29 is 9.59 Å². The molecule has 6 nitrogen and oxygen atoms in total. The van der Waals surface area contributed by atoms with E-state index in [1.807, 2.05) is 17.3 Å². The van der Waals surface area contributed by atoms with Crippen LogP contribution in [-0.2, 0) is 0 Å². The van der Waals surface area contributed by atoms with Crippen molar-refractivity contribution in [1.82, 2.24) is 15.2 Å². The molecule has 0 unspecified atom stereocenters. The summed E-state index contributed by atoms with van der Waals surface area (Å²) in [7, 11) is 1.97. The van der Waals surface area contributed by atoms with Gasteiger partial charge in [-0.25, -0.2) is 0 Å². The summed E-state index contributed by atoms with van der Waals surface area (Å²) in [4.78, 5) is 31.6. The number of amides is 2. The maximum absolute atomic E-state index is 12.9. The summed E-state index contributed by atoms with van der Waals surface area (Å²) in [6, 6.07) is 5.09. The molecule has 3 heterocycles. The Labute approximate surface area is 181 Å². The number of carbonyl (C=O) groups excluding carboxylic acids is 2. The smallest absolute Gasteiger partial charge is 0.266 e. The molecule has 0 radical (unpaired) electrons. The second kappa shape index (κ2) is 12.0. The van der Waals surface area contributed by atoms with Crippen molar-refractivity contribution in [2.24, 2.45) is 5.92 Å². The normalized spacial score (nSPS) is 14.0. The van der Waals surface area contributed by atoms with Crippen molar-refractivity contribution in [2.75, 3.05) is 32.0 Å². The molecule has 2 amide bonds. The number of nitrogens with zero attached hydrogens (tertiary/aromatic N) is 2. The summed E-state index contributed by atoms with van der Waals surface area (Å²) in [5, 5.41) is 7.88. The molecule has 0 atom stereocenters. The predicted molar refractivity (Wildman–Crippen MR) is 118 cm³/mol. The van der Waals surface area contributed by atoms with Gasteiger partial charge in [0.15, 0.2) is 0 Å². The van der Waals surface area contributed by atoms with E-state index in [-0.39, 0.29) is 36.6 Å². The zero-order chi connectivity index (χ0) is 18.4. The highest BCUT2D eigenvalue weighted by Crippen LogP contribution is 2.27. The number of piperidine rings is 1. The molecule has 3 rings (SSSR count). The summed E-state index contributed by atoms with van der Waals surface area (Å²) in [6.45, 7) is 2.58. The molecule has 154 valence electrons. The Kier molecular flexibility index (Phi) is 10.5. The van der Waals surface area contributed by atoms with Crippen molar-refractivity contribution in [3.05, 3.63) is 46.4 Å². The van der Waals surface area contributed by atoms with Crippen LogP contribution in [-0.4, -0.2) is 48.4 Å². The van der Waals surface area contributed by atoms with Crippen molar-refractivity contribution in [2.45, 2.75) is 19.3 Å². The van der Waals surface area contributed by atoms with Crippen LogP contribution in [0.2, 0.25) is 0 Å². The van der Waals surface area contributed by atoms with Crippen LogP contribution in [0, 0.1) is 5.92 Å². The third kappa shape index (κ3) is 6.17. The number of rotatable bonds is 6. The first-order valence-corrected chi connectivity index (χ1v) is 9.79. The fraction of sp³-hybridized carbons (Fsp3) is 0.421. The largest absolute Gasteiger partial charge is 0.338 e.